The molecule has 2 rings (SSSR count). The number of carbonyl (C=O) groups excluding carboxylic acids is 2. The highest BCUT2D eigenvalue weighted by Crippen LogP contribution is 2.50. The summed E-state index contributed by atoms with van der Waals surface area (Å²) in [7, 11) is 0. The van der Waals surface area contributed by atoms with Crippen LogP contribution in [-0.2, 0) is 9.59 Å². The molecule has 7 heteroatoms. The Balaban J connectivity index is 1.80. The summed E-state index contributed by atoms with van der Waals surface area (Å²) < 4.78 is 37.2. The molecule has 0 radical (unpaired) electrons. The Morgan fingerprint density at radius 1 is 1.30 bits per heavy atom. The minimum atomic E-state index is -4.88. The van der Waals surface area contributed by atoms with Crippen molar-refractivity contribution in [1.82, 2.24) is 10.6 Å². The fourth-order valence-corrected chi connectivity index (χ4v) is 3.07. The molecule has 130 valence electrons. The molecule has 0 aromatic rings. The number of hydrogen-bond acceptors (Lipinski definition) is 3. The average Bonchev–Trinajstić information content (AvgIpc) is 3.07. The lowest BCUT2D eigenvalue weighted by atomic mass is 9.94. The van der Waals surface area contributed by atoms with Crippen LogP contribution in [0.4, 0.5) is 13.2 Å². The Morgan fingerprint density at radius 3 is 2.43 bits per heavy atom. The van der Waals surface area contributed by atoms with Gasteiger partial charge in [-0.3, -0.25) is 9.59 Å². The van der Waals surface area contributed by atoms with Gasteiger partial charge in [-0.25, -0.2) is 0 Å². The number of carbonyl (C=O) groups is 2. The molecule has 1 amide bonds. The van der Waals surface area contributed by atoms with Crippen LogP contribution in [0.2, 0.25) is 0 Å². The maximum atomic E-state index is 12.4. The van der Waals surface area contributed by atoms with Crippen LogP contribution in [0.1, 0.15) is 45.4 Å². The number of alkyl halides is 3. The van der Waals surface area contributed by atoms with Gasteiger partial charge in [0.15, 0.2) is 0 Å². The molecule has 1 aliphatic carbocycles. The second-order valence-corrected chi connectivity index (χ2v) is 6.73. The van der Waals surface area contributed by atoms with E-state index in [0.717, 1.165) is 19.3 Å². The van der Waals surface area contributed by atoms with E-state index >= 15 is 0 Å². The van der Waals surface area contributed by atoms with Crippen molar-refractivity contribution in [3.05, 3.63) is 12.2 Å². The first-order chi connectivity index (χ1) is 10.7. The summed E-state index contributed by atoms with van der Waals surface area (Å²) >= 11 is 0. The van der Waals surface area contributed by atoms with Crippen LogP contribution < -0.4 is 10.6 Å². The SMILES string of the molecule is C=C(CC1(CNC(=O)[C@@H]2CC[C@@H](CC)N2)CC1)C(=O)C(F)(F)F. The third kappa shape index (κ3) is 4.56. The standard InChI is InChI=1S/C16H23F3N2O2/c1-3-11-4-5-12(21-11)14(23)20-9-15(6-7-15)8-10(2)13(22)16(17,18)19/h11-12,21H,2-9H2,1H3,(H,20,23)/t11-,12+/m1/s1. The Hall–Kier alpha value is -1.37. The van der Waals surface area contributed by atoms with Gasteiger partial charge in [0.2, 0.25) is 5.91 Å². The molecule has 0 aromatic carbocycles. The normalized spacial score (nSPS) is 25.9. The number of Topliss-reactive ketones (excluding diaryl/α,β-unsaturated/α-hetero) is 1. The topological polar surface area (TPSA) is 58.2 Å². The first-order valence-electron chi connectivity index (χ1n) is 8.00. The highest BCUT2D eigenvalue weighted by molar-refractivity contribution is 5.99. The molecule has 1 aliphatic heterocycles. The summed E-state index contributed by atoms with van der Waals surface area (Å²) in [6.45, 7) is 5.63. The third-order valence-corrected chi connectivity index (χ3v) is 4.81. The van der Waals surface area contributed by atoms with Crippen molar-refractivity contribution >= 4 is 11.7 Å². The Kier molecular flexibility index (Phi) is 5.18. The molecule has 1 saturated carbocycles. The van der Waals surface area contributed by atoms with Crippen molar-refractivity contribution in [1.29, 1.82) is 0 Å². The van der Waals surface area contributed by atoms with E-state index in [0.29, 0.717) is 25.4 Å². The van der Waals surface area contributed by atoms with Crippen molar-refractivity contribution in [2.45, 2.75) is 63.7 Å². The van der Waals surface area contributed by atoms with Gasteiger partial charge in [-0.2, -0.15) is 13.2 Å². The Morgan fingerprint density at radius 2 is 1.96 bits per heavy atom. The largest absolute Gasteiger partial charge is 0.454 e. The highest BCUT2D eigenvalue weighted by Gasteiger charge is 2.47. The first-order valence-corrected chi connectivity index (χ1v) is 8.00. The van der Waals surface area contributed by atoms with E-state index in [4.69, 9.17) is 0 Å². The van der Waals surface area contributed by atoms with E-state index in [9.17, 15) is 22.8 Å². The van der Waals surface area contributed by atoms with E-state index in [1.807, 2.05) is 0 Å². The Bertz CT molecular complexity index is 498. The lowest BCUT2D eigenvalue weighted by molar-refractivity contribution is -0.166. The van der Waals surface area contributed by atoms with Gasteiger partial charge in [-0.15, -0.1) is 0 Å². The summed E-state index contributed by atoms with van der Waals surface area (Å²) in [5.74, 6) is -1.97. The number of hydrogen-bond donors (Lipinski definition) is 2. The van der Waals surface area contributed by atoms with Gasteiger partial charge in [-0.05, 0) is 49.5 Å². The molecule has 0 spiro atoms. The minimum absolute atomic E-state index is 0.0126. The highest BCUT2D eigenvalue weighted by atomic mass is 19.4. The summed E-state index contributed by atoms with van der Waals surface area (Å²) in [5.41, 5.74) is -0.856. The molecule has 0 aromatic heterocycles. The van der Waals surface area contributed by atoms with E-state index < -0.39 is 22.9 Å². The maximum Gasteiger partial charge on any atom is 0.454 e. The zero-order chi connectivity index (χ0) is 17.3. The molecular formula is C16H23F3N2O2. The zero-order valence-electron chi connectivity index (χ0n) is 13.3. The van der Waals surface area contributed by atoms with Crippen LogP contribution in [0.15, 0.2) is 12.2 Å². The van der Waals surface area contributed by atoms with Gasteiger partial charge in [0.05, 0.1) is 6.04 Å². The third-order valence-electron chi connectivity index (χ3n) is 4.81. The van der Waals surface area contributed by atoms with Crippen LogP contribution in [0, 0.1) is 5.41 Å². The van der Waals surface area contributed by atoms with Gasteiger partial charge in [0, 0.05) is 12.6 Å². The molecule has 2 fully saturated rings. The van der Waals surface area contributed by atoms with Crippen LogP contribution in [0.25, 0.3) is 0 Å². The van der Waals surface area contributed by atoms with Crippen molar-refractivity contribution in [3.8, 4) is 0 Å². The summed E-state index contributed by atoms with van der Waals surface area (Å²) in [6, 6.07) is 0.126. The van der Waals surface area contributed by atoms with Gasteiger partial charge in [0.1, 0.15) is 0 Å². The molecule has 0 unspecified atom stereocenters. The number of rotatable bonds is 7. The average molecular weight is 332 g/mol. The second-order valence-electron chi connectivity index (χ2n) is 6.73. The smallest absolute Gasteiger partial charge is 0.354 e. The van der Waals surface area contributed by atoms with Crippen molar-refractivity contribution < 1.29 is 22.8 Å². The fraction of sp³-hybridized carbons (Fsp3) is 0.750. The molecule has 2 aliphatic rings. The van der Waals surface area contributed by atoms with Gasteiger partial charge in [-0.1, -0.05) is 13.5 Å². The molecule has 2 N–H and O–H groups in total. The van der Waals surface area contributed by atoms with Crippen molar-refractivity contribution in [3.63, 3.8) is 0 Å². The number of nitrogens with one attached hydrogen (secondary N) is 2. The summed E-state index contributed by atoms with van der Waals surface area (Å²) in [5, 5.41) is 6.06. The van der Waals surface area contributed by atoms with Crippen molar-refractivity contribution in [2.75, 3.05) is 6.54 Å². The first kappa shape index (κ1) is 18.0. The monoisotopic (exact) mass is 332 g/mol. The van der Waals surface area contributed by atoms with E-state index in [1.165, 1.54) is 0 Å². The predicted octanol–water partition coefficient (Wildman–Crippen LogP) is 2.49. The maximum absolute atomic E-state index is 12.4. The minimum Gasteiger partial charge on any atom is -0.354 e. The zero-order valence-corrected chi connectivity index (χ0v) is 13.3. The fourth-order valence-electron chi connectivity index (χ4n) is 3.07. The molecule has 23 heavy (non-hydrogen) atoms. The van der Waals surface area contributed by atoms with Crippen LogP contribution >= 0.6 is 0 Å². The quantitative estimate of drug-likeness (QED) is 0.704. The molecule has 2 atom stereocenters. The molecular weight excluding hydrogens is 309 g/mol. The van der Waals surface area contributed by atoms with Crippen LogP contribution in [0.5, 0.6) is 0 Å². The number of amides is 1. The van der Waals surface area contributed by atoms with E-state index in [-0.39, 0.29) is 18.4 Å². The predicted molar refractivity (Wildman–Crippen MR) is 79.7 cm³/mol. The number of allylic oxidation sites excluding steroid dienone is 1. The number of ketones is 1. The molecule has 0 bridgehead atoms. The summed E-state index contributed by atoms with van der Waals surface area (Å²) in [6.07, 6.45) is -0.790. The number of halogens is 3. The van der Waals surface area contributed by atoms with Gasteiger partial charge >= 0.3 is 6.18 Å². The van der Waals surface area contributed by atoms with E-state index in [2.05, 4.69) is 24.1 Å². The van der Waals surface area contributed by atoms with Crippen LogP contribution in [-0.4, -0.2) is 36.5 Å². The molecule has 1 heterocycles. The van der Waals surface area contributed by atoms with Crippen molar-refractivity contribution in [2.24, 2.45) is 5.41 Å². The lowest BCUT2D eigenvalue weighted by Gasteiger charge is -2.19. The second kappa shape index (κ2) is 6.63. The lowest BCUT2D eigenvalue weighted by Crippen LogP contribution is -2.44. The summed E-state index contributed by atoms with van der Waals surface area (Å²) in [4.78, 5) is 23.3. The van der Waals surface area contributed by atoms with Gasteiger partial charge < -0.3 is 10.6 Å². The molecule has 1 saturated heterocycles. The van der Waals surface area contributed by atoms with Crippen LogP contribution in [0.3, 0.4) is 0 Å². The van der Waals surface area contributed by atoms with E-state index in [1.54, 1.807) is 0 Å². The Labute approximate surface area is 133 Å². The molecule has 4 nitrogen and oxygen atoms in total. The van der Waals surface area contributed by atoms with Gasteiger partial charge in [0.25, 0.3) is 5.78 Å².